The fourth-order valence-corrected chi connectivity index (χ4v) is 5.06. The summed E-state index contributed by atoms with van der Waals surface area (Å²) in [5.74, 6) is 0.634. The number of ether oxygens (including phenoxy) is 1. The Morgan fingerprint density at radius 3 is 2.41 bits per heavy atom. The van der Waals surface area contributed by atoms with Crippen LogP contribution in [0.3, 0.4) is 0 Å². The van der Waals surface area contributed by atoms with E-state index in [1.807, 2.05) is 35.2 Å². The van der Waals surface area contributed by atoms with Gasteiger partial charge in [0.05, 0.1) is 0 Å². The second kappa shape index (κ2) is 10.1. The second-order valence-electron chi connectivity index (χ2n) is 10.3. The topological polar surface area (TPSA) is 38.8 Å². The van der Waals surface area contributed by atoms with Crippen LogP contribution in [-0.4, -0.2) is 38.0 Å². The third-order valence-electron chi connectivity index (χ3n) is 6.65. The molecule has 0 aromatic heterocycles. The summed E-state index contributed by atoms with van der Waals surface area (Å²) in [6.45, 7) is 17.0. The molecule has 0 radical (unpaired) electrons. The standard InChI is InChI=1S/C24H41NO3Si/c1-19-16-20(2)25(23(26)27-18-21-12-9-8-10-13-21)22(17-19)14-11-15-28-29(6,7)24(3,4)5/h8-10,12-13,19-20,22H,11,14-18H2,1-7H3/t19-,20-,22+/m0/s1. The summed E-state index contributed by atoms with van der Waals surface area (Å²) in [7, 11) is -1.71. The highest BCUT2D eigenvalue weighted by Gasteiger charge is 2.38. The van der Waals surface area contributed by atoms with Crippen LogP contribution in [0.5, 0.6) is 0 Å². The van der Waals surface area contributed by atoms with Gasteiger partial charge >= 0.3 is 6.09 Å². The zero-order chi connectivity index (χ0) is 21.7. The van der Waals surface area contributed by atoms with Crippen LogP contribution >= 0.6 is 0 Å². The molecule has 164 valence electrons. The molecule has 4 nitrogen and oxygen atoms in total. The predicted molar refractivity (Wildman–Crippen MR) is 122 cm³/mol. The smallest absolute Gasteiger partial charge is 0.410 e. The van der Waals surface area contributed by atoms with Gasteiger partial charge in [-0.2, -0.15) is 0 Å². The SMILES string of the molecule is C[C@@H]1C[C@@H](CCCO[Si](C)(C)C(C)(C)C)N(C(=O)OCc2ccccc2)[C@@H](C)C1. The summed E-state index contributed by atoms with van der Waals surface area (Å²) >= 11 is 0. The first-order chi connectivity index (χ1) is 13.5. The minimum atomic E-state index is -1.71. The Kier molecular flexibility index (Phi) is 8.35. The molecule has 1 saturated heterocycles. The number of carbonyl (C=O) groups is 1. The molecule has 1 aromatic rings. The van der Waals surface area contributed by atoms with Crippen LogP contribution in [0.1, 0.15) is 65.9 Å². The first-order valence-corrected chi connectivity index (χ1v) is 14.0. The molecule has 0 aliphatic carbocycles. The average Bonchev–Trinajstić information content (AvgIpc) is 2.63. The maximum Gasteiger partial charge on any atom is 0.410 e. The van der Waals surface area contributed by atoms with Gasteiger partial charge in [-0.3, -0.25) is 0 Å². The molecule has 3 atom stereocenters. The van der Waals surface area contributed by atoms with Crippen LogP contribution < -0.4 is 0 Å². The number of likely N-dealkylation sites (tertiary alicyclic amines) is 1. The van der Waals surface area contributed by atoms with E-state index in [9.17, 15) is 4.79 Å². The highest BCUT2D eigenvalue weighted by molar-refractivity contribution is 6.74. The highest BCUT2D eigenvalue weighted by atomic mass is 28.4. The Bertz CT molecular complexity index is 641. The van der Waals surface area contributed by atoms with Crippen LogP contribution in [0.15, 0.2) is 30.3 Å². The van der Waals surface area contributed by atoms with Crippen molar-refractivity contribution in [2.75, 3.05) is 6.61 Å². The van der Waals surface area contributed by atoms with E-state index in [4.69, 9.17) is 9.16 Å². The predicted octanol–water partition coefficient (Wildman–Crippen LogP) is 6.61. The largest absolute Gasteiger partial charge is 0.445 e. The molecule has 1 aliphatic heterocycles. The minimum Gasteiger partial charge on any atom is -0.445 e. The Labute approximate surface area is 179 Å². The zero-order valence-electron chi connectivity index (χ0n) is 19.5. The van der Waals surface area contributed by atoms with Crippen molar-refractivity contribution in [1.82, 2.24) is 4.90 Å². The second-order valence-corrected chi connectivity index (χ2v) is 15.1. The van der Waals surface area contributed by atoms with Crippen LogP contribution in [0.4, 0.5) is 4.79 Å². The van der Waals surface area contributed by atoms with Gasteiger partial charge in [-0.15, -0.1) is 0 Å². The van der Waals surface area contributed by atoms with Crippen LogP contribution in [0.25, 0.3) is 0 Å². The molecule has 2 rings (SSSR count). The Hall–Kier alpha value is -1.33. The molecule has 1 amide bonds. The van der Waals surface area contributed by atoms with Gasteiger partial charge in [0.15, 0.2) is 8.32 Å². The monoisotopic (exact) mass is 419 g/mol. The van der Waals surface area contributed by atoms with Crippen molar-refractivity contribution in [2.45, 2.75) is 97.1 Å². The lowest BCUT2D eigenvalue weighted by molar-refractivity contribution is 0.0299. The normalized spacial score (nSPS) is 23.1. The van der Waals surface area contributed by atoms with E-state index in [0.29, 0.717) is 12.5 Å². The Balaban J connectivity index is 1.91. The molecule has 5 heteroatoms. The number of hydrogen-bond donors (Lipinski definition) is 0. The number of rotatable bonds is 7. The van der Waals surface area contributed by atoms with E-state index in [-0.39, 0.29) is 23.2 Å². The number of carbonyl (C=O) groups excluding carboxylic acids is 1. The van der Waals surface area contributed by atoms with Crippen molar-refractivity contribution in [3.8, 4) is 0 Å². The number of piperidine rings is 1. The summed E-state index contributed by atoms with van der Waals surface area (Å²) in [6, 6.07) is 10.4. The molecular weight excluding hydrogens is 378 g/mol. The number of nitrogens with zero attached hydrogens (tertiary/aromatic N) is 1. The van der Waals surface area contributed by atoms with Crippen molar-refractivity contribution >= 4 is 14.4 Å². The Morgan fingerprint density at radius 2 is 1.79 bits per heavy atom. The molecule has 1 aliphatic rings. The number of benzene rings is 1. The molecule has 0 saturated carbocycles. The molecule has 0 unspecified atom stereocenters. The van der Waals surface area contributed by atoms with E-state index in [1.165, 1.54) is 0 Å². The van der Waals surface area contributed by atoms with Crippen molar-refractivity contribution in [3.05, 3.63) is 35.9 Å². The lowest BCUT2D eigenvalue weighted by atomic mass is 9.86. The van der Waals surface area contributed by atoms with Crippen molar-refractivity contribution in [3.63, 3.8) is 0 Å². The molecule has 0 spiro atoms. The van der Waals surface area contributed by atoms with Crippen molar-refractivity contribution < 1.29 is 14.0 Å². The van der Waals surface area contributed by atoms with Crippen LogP contribution in [0, 0.1) is 5.92 Å². The maximum absolute atomic E-state index is 12.9. The van der Waals surface area contributed by atoms with Crippen LogP contribution in [-0.2, 0) is 15.8 Å². The van der Waals surface area contributed by atoms with Crippen molar-refractivity contribution in [1.29, 1.82) is 0 Å². The summed E-state index contributed by atoms with van der Waals surface area (Å²) in [5, 5.41) is 0.230. The van der Waals surface area contributed by atoms with E-state index >= 15 is 0 Å². The van der Waals surface area contributed by atoms with Gasteiger partial charge in [-0.05, 0) is 62.2 Å². The fourth-order valence-electron chi connectivity index (χ4n) is 3.97. The summed E-state index contributed by atoms with van der Waals surface area (Å²) in [4.78, 5) is 14.9. The summed E-state index contributed by atoms with van der Waals surface area (Å²) in [6.07, 6.45) is 3.87. The molecule has 29 heavy (non-hydrogen) atoms. The van der Waals surface area contributed by atoms with E-state index in [2.05, 4.69) is 47.7 Å². The van der Waals surface area contributed by atoms with Gasteiger partial charge in [0.1, 0.15) is 6.61 Å². The number of hydrogen-bond acceptors (Lipinski definition) is 3. The van der Waals surface area contributed by atoms with Crippen molar-refractivity contribution in [2.24, 2.45) is 5.92 Å². The van der Waals surface area contributed by atoms with E-state index < -0.39 is 8.32 Å². The van der Waals surface area contributed by atoms with Gasteiger partial charge in [0.2, 0.25) is 0 Å². The quantitative estimate of drug-likeness (QED) is 0.368. The molecule has 1 aromatic carbocycles. The third kappa shape index (κ3) is 6.85. The van der Waals surface area contributed by atoms with Gasteiger partial charge in [-0.25, -0.2) is 4.79 Å². The lowest BCUT2D eigenvalue weighted by Gasteiger charge is -2.43. The van der Waals surface area contributed by atoms with E-state index in [1.54, 1.807) is 0 Å². The molecule has 1 fully saturated rings. The number of amides is 1. The molecular formula is C24H41NO3Si. The lowest BCUT2D eigenvalue weighted by Crippen LogP contribution is -2.51. The van der Waals surface area contributed by atoms with Gasteiger partial charge < -0.3 is 14.1 Å². The van der Waals surface area contributed by atoms with Gasteiger partial charge in [-0.1, -0.05) is 58.0 Å². The Morgan fingerprint density at radius 1 is 1.14 bits per heavy atom. The van der Waals surface area contributed by atoms with Gasteiger partial charge in [0, 0.05) is 18.7 Å². The summed E-state index contributed by atoms with van der Waals surface area (Å²) < 4.78 is 12.0. The minimum absolute atomic E-state index is 0.177. The first kappa shape index (κ1) is 23.9. The van der Waals surface area contributed by atoms with Gasteiger partial charge in [0.25, 0.3) is 0 Å². The molecule has 1 heterocycles. The highest BCUT2D eigenvalue weighted by Crippen LogP contribution is 2.37. The van der Waals surface area contributed by atoms with E-state index in [0.717, 1.165) is 37.9 Å². The maximum atomic E-state index is 12.9. The summed E-state index contributed by atoms with van der Waals surface area (Å²) in [5.41, 5.74) is 1.03. The third-order valence-corrected chi connectivity index (χ3v) is 11.2. The molecule has 0 bridgehead atoms. The molecule has 0 N–H and O–H groups in total. The van der Waals surface area contributed by atoms with Crippen LogP contribution in [0.2, 0.25) is 18.1 Å². The first-order valence-electron chi connectivity index (χ1n) is 11.1. The zero-order valence-corrected chi connectivity index (χ0v) is 20.5. The average molecular weight is 420 g/mol. The fraction of sp³-hybridized carbons (Fsp3) is 0.708.